The van der Waals surface area contributed by atoms with E-state index in [1.807, 2.05) is 18.3 Å². The van der Waals surface area contributed by atoms with Crippen molar-refractivity contribution >= 4 is 10.9 Å². The van der Waals surface area contributed by atoms with Crippen LogP contribution in [0.15, 0.2) is 60.8 Å². The van der Waals surface area contributed by atoms with Gasteiger partial charge in [0.2, 0.25) is 0 Å². The predicted octanol–water partition coefficient (Wildman–Crippen LogP) is 3.59. The molecule has 0 saturated carbocycles. The molecule has 2 heterocycles. The number of fused-ring (bicyclic) bond motifs is 3. The van der Waals surface area contributed by atoms with E-state index in [0.717, 1.165) is 29.7 Å². The van der Waals surface area contributed by atoms with Crippen molar-refractivity contribution in [3.63, 3.8) is 0 Å². The first-order valence-corrected chi connectivity index (χ1v) is 7.16. The van der Waals surface area contributed by atoms with Crippen LogP contribution in [0.5, 0.6) is 5.75 Å². The highest BCUT2D eigenvalue weighted by atomic mass is 16.5. The zero-order valence-electron chi connectivity index (χ0n) is 11.7. The summed E-state index contributed by atoms with van der Waals surface area (Å²) in [4.78, 5) is 6.76. The van der Waals surface area contributed by atoms with Crippen LogP contribution in [0.4, 0.5) is 0 Å². The number of nitrogens with zero attached hydrogens (tertiary/aromatic N) is 2. The lowest BCUT2D eigenvalue weighted by atomic mass is 10.1. The van der Waals surface area contributed by atoms with E-state index in [1.54, 1.807) is 0 Å². The van der Waals surface area contributed by atoms with E-state index < -0.39 is 0 Å². The van der Waals surface area contributed by atoms with E-state index >= 15 is 0 Å². The average molecular weight is 276 g/mol. The number of aromatic nitrogens is 1. The Labute approximate surface area is 123 Å². The Morgan fingerprint density at radius 1 is 1.00 bits per heavy atom. The van der Waals surface area contributed by atoms with E-state index in [9.17, 15) is 0 Å². The molecule has 0 radical (unpaired) electrons. The Morgan fingerprint density at radius 3 is 2.81 bits per heavy atom. The molecule has 3 aromatic rings. The van der Waals surface area contributed by atoms with Crippen LogP contribution in [0.2, 0.25) is 0 Å². The highest BCUT2D eigenvalue weighted by Gasteiger charge is 2.19. The number of benzene rings is 2. The van der Waals surface area contributed by atoms with Gasteiger partial charge < -0.3 is 4.74 Å². The average Bonchev–Trinajstić information content (AvgIpc) is 2.55. The van der Waals surface area contributed by atoms with Crippen molar-refractivity contribution in [3.8, 4) is 5.75 Å². The molecular formula is C18H16N2O. The van der Waals surface area contributed by atoms with Gasteiger partial charge in [-0.1, -0.05) is 48.5 Å². The summed E-state index contributed by atoms with van der Waals surface area (Å²) >= 11 is 0. The Morgan fingerprint density at radius 2 is 1.90 bits per heavy atom. The highest BCUT2D eigenvalue weighted by molar-refractivity contribution is 5.85. The van der Waals surface area contributed by atoms with E-state index in [1.165, 1.54) is 11.1 Å². The zero-order chi connectivity index (χ0) is 14.1. The van der Waals surface area contributed by atoms with E-state index in [-0.39, 0.29) is 0 Å². The van der Waals surface area contributed by atoms with Crippen molar-refractivity contribution in [1.82, 2.24) is 9.88 Å². The standard InChI is InChI=1S/C18H16N2O/c1-2-5-14(6-3-1)11-20-12-16-9-8-15-7-4-10-19-17(15)18(16)21-13-20/h1-10H,11-13H2. The Balaban J connectivity index is 1.62. The Bertz CT molecular complexity index is 771. The molecule has 0 spiro atoms. The molecule has 0 fully saturated rings. The Hall–Kier alpha value is -2.39. The Kier molecular flexibility index (Phi) is 3.05. The molecule has 21 heavy (non-hydrogen) atoms. The second-order valence-electron chi connectivity index (χ2n) is 5.38. The summed E-state index contributed by atoms with van der Waals surface area (Å²) in [6.07, 6.45) is 1.82. The van der Waals surface area contributed by atoms with Gasteiger partial charge in [-0.25, -0.2) is 0 Å². The topological polar surface area (TPSA) is 25.4 Å². The molecule has 0 bridgehead atoms. The molecule has 2 aromatic carbocycles. The van der Waals surface area contributed by atoms with Crippen molar-refractivity contribution in [2.75, 3.05) is 6.73 Å². The summed E-state index contributed by atoms with van der Waals surface area (Å²) < 4.78 is 5.98. The van der Waals surface area contributed by atoms with Gasteiger partial charge in [0.15, 0.2) is 5.75 Å². The van der Waals surface area contributed by atoms with Gasteiger partial charge in [-0.3, -0.25) is 9.88 Å². The first kappa shape index (κ1) is 12.4. The molecule has 104 valence electrons. The van der Waals surface area contributed by atoms with Crippen molar-refractivity contribution in [3.05, 3.63) is 71.9 Å². The van der Waals surface area contributed by atoms with Crippen LogP contribution < -0.4 is 4.74 Å². The summed E-state index contributed by atoms with van der Waals surface area (Å²) in [6.45, 7) is 2.41. The van der Waals surface area contributed by atoms with Crippen LogP contribution in [0.25, 0.3) is 10.9 Å². The van der Waals surface area contributed by atoms with Crippen molar-refractivity contribution in [2.45, 2.75) is 13.1 Å². The van der Waals surface area contributed by atoms with Crippen LogP contribution in [-0.4, -0.2) is 16.6 Å². The summed E-state index contributed by atoms with van der Waals surface area (Å²) in [6, 6.07) is 18.8. The molecule has 1 aromatic heterocycles. The summed E-state index contributed by atoms with van der Waals surface area (Å²) in [5, 5.41) is 1.13. The van der Waals surface area contributed by atoms with Gasteiger partial charge in [0.1, 0.15) is 12.2 Å². The van der Waals surface area contributed by atoms with E-state index in [4.69, 9.17) is 4.74 Å². The first-order valence-electron chi connectivity index (χ1n) is 7.16. The molecule has 0 unspecified atom stereocenters. The lowest BCUT2D eigenvalue weighted by Gasteiger charge is -2.29. The molecule has 0 amide bonds. The molecule has 1 aliphatic heterocycles. The van der Waals surface area contributed by atoms with Gasteiger partial charge in [0, 0.05) is 30.2 Å². The monoisotopic (exact) mass is 276 g/mol. The summed E-state index contributed by atoms with van der Waals surface area (Å²) in [5.74, 6) is 0.942. The highest BCUT2D eigenvalue weighted by Crippen LogP contribution is 2.32. The third-order valence-corrected chi connectivity index (χ3v) is 3.84. The molecule has 0 aliphatic carbocycles. The van der Waals surface area contributed by atoms with Gasteiger partial charge in [0.25, 0.3) is 0 Å². The molecule has 0 saturated heterocycles. The smallest absolute Gasteiger partial charge is 0.152 e. The van der Waals surface area contributed by atoms with Crippen LogP contribution in [-0.2, 0) is 13.1 Å². The molecule has 3 heteroatoms. The van der Waals surface area contributed by atoms with Gasteiger partial charge in [-0.05, 0) is 11.6 Å². The van der Waals surface area contributed by atoms with Gasteiger partial charge in [0.05, 0.1) is 0 Å². The minimum Gasteiger partial charge on any atom is -0.475 e. The van der Waals surface area contributed by atoms with E-state index in [2.05, 4.69) is 52.3 Å². The molecule has 3 nitrogen and oxygen atoms in total. The number of rotatable bonds is 2. The number of hydrogen-bond donors (Lipinski definition) is 0. The van der Waals surface area contributed by atoms with Gasteiger partial charge >= 0.3 is 0 Å². The molecule has 0 N–H and O–H groups in total. The van der Waals surface area contributed by atoms with Crippen LogP contribution in [0.1, 0.15) is 11.1 Å². The van der Waals surface area contributed by atoms with E-state index in [0.29, 0.717) is 6.73 Å². The van der Waals surface area contributed by atoms with Crippen LogP contribution >= 0.6 is 0 Å². The fourth-order valence-corrected chi connectivity index (χ4v) is 2.83. The fraction of sp³-hybridized carbons (Fsp3) is 0.167. The normalized spacial score (nSPS) is 14.7. The maximum absolute atomic E-state index is 5.98. The molecule has 1 aliphatic rings. The SMILES string of the molecule is c1ccc(CN2COc3c(ccc4cccnc34)C2)cc1. The number of ether oxygens (including phenoxy) is 1. The molecule has 0 atom stereocenters. The second-order valence-corrected chi connectivity index (χ2v) is 5.38. The fourth-order valence-electron chi connectivity index (χ4n) is 2.83. The predicted molar refractivity (Wildman–Crippen MR) is 82.9 cm³/mol. The molecule has 4 rings (SSSR count). The van der Waals surface area contributed by atoms with Crippen LogP contribution in [0.3, 0.4) is 0 Å². The maximum Gasteiger partial charge on any atom is 0.152 e. The lowest BCUT2D eigenvalue weighted by molar-refractivity contribution is 0.0902. The summed E-state index contributed by atoms with van der Waals surface area (Å²) in [5.41, 5.74) is 3.49. The van der Waals surface area contributed by atoms with Crippen LogP contribution in [0, 0.1) is 0 Å². The first-order chi connectivity index (χ1) is 10.4. The van der Waals surface area contributed by atoms with Gasteiger partial charge in [-0.2, -0.15) is 0 Å². The minimum absolute atomic E-state index is 0.609. The largest absolute Gasteiger partial charge is 0.475 e. The minimum atomic E-state index is 0.609. The van der Waals surface area contributed by atoms with Gasteiger partial charge in [-0.15, -0.1) is 0 Å². The third kappa shape index (κ3) is 2.36. The summed E-state index contributed by atoms with van der Waals surface area (Å²) in [7, 11) is 0. The van der Waals surface area contributed by atoms with Crippen molar-refractivity contribution in [1.29, 1.82) is 0 Å². The zero-order valence-corrected chi connectivity index (χ0v) is 11.7. The maximum atomic E-state index is 5.98. The quantitative estimate of drug-likeness (QED) is 0.715. The van der Waals surface area contributed by atoms with Crippen molar-refractivity contribution in [2.24, 2.45) is 0 Å². The third-order valence-electron chi connectivity index (χ3n) is 3.84. The molecular weight excluding hydrogens is 260 g/mol. The lowest BCUT2D eigenvalue weighted by Crippen LogP contribution is -2.31. The van der Waals surface area contributed by atoms with Crippen molar-refractivity contribution < 1.29 is 4.74 Å². The second kappa shape index (κ2) is 5.19. The number of hydrogen-bond acceptors (Lipinski definition) is 3. The number of pyridine rings is 1.